The van der Waals surface area contributed by atoms with Crippen LogP contribution in [0.2, 0.25) is 0 Å². The lowest BCUT2D eigenvalue weighted by Gasteiger charge is -2.10. The van der Waals surface area contributed by atoms with Crippen molar-refractivity contribution in [3.05, 3.63) is 45.6 Å². The summed E-state index contributed by atoms with van der Waals surface area (Å²) in [5.41, 5.74) is 4.02. The minimum atomic E-state index is -0.964. The molecular formula is C13H13N3O7. The summed E-state index contributed by atoms with van der Waals surface area (Å²) < 4.78 is 8.85. The molecule has 0 bridgehead atoms. The highest BCUT2D eigenvalue weighted by Gasteiger charge is 2.20. The van der Waals surface area contributed by atoms with Crippen molar-refractivity contribution in [3.8, 4) is 0 Å². The van der Waals surface area contributed by atoms with Crippen molar-refractivity contribution in [1.82, 2.24) is 0 Å². The van der Waals surface area contributed by atoms with Crippen LogP contribution in [-0.4, -0.2) is 37.0 Å². The molecule has 0 aromatic heterocycles. The average Bonchev–Trinajstić information content (AvgIpc) is 2.52. The van der Waals surface area contributed by atoms with E-state index in [-0.39, 0.29) is 11.3 Å². The molecule has 0 aliphatic rings. The van der Waals surface area contributed by atoms with Gasteiger partial charge in [-0.3, -0.25) is 14.9 Å². The first-order chi connectivity index (χ1) is 10.8. The SMILES string of the molecule is COC(=O)/C=C(/Nc1cc(C(N)=O)ccc1[N+](=O)[O-])C(=O)OC. The maximum atomic E-state index is 11.6. The fourth-order valence-corrected chi connectivity index (χ4v) is 1.53. The van der Waals surface area contributed by atoms with Gasteiger partial charge >= 0.3 is 11.9 Å². The number of methoxy groups -OCH3 is 2. The third-order valence-corrected chi connectivity index (χ3v) is 2.62. The van der Waals surface area contributed by atoms with Gasteiger partial charge in [0.15, 0.2) is 0 Å². The second-order valence-corrected chi connectivity index (χ2v) is 4.05. The molecule has 0 spiro atoms. The molecule has 0 aliphatic heterocycles. The number of hydrogen-bond acceptors (Lipinski definition) is 8. The topological polar surface area (TPSA) is 151 Å². The van der Waals surface area contributed by atoms with E-state index in [2.05, 4.69) is 14.8 Å². The summed E-state index contributed by atoms with van der Waals surface area (Å²) in [7, 11) is 2.15. The molecule has 1 aromatic rings. The molecular weight excluding hydrogens is 310 g/mol. The van der Waals surface area contributed by atoms with Crippen molar-refractivity contribution >= 4 is 29.2 Å². The largest absolute Gasteiger partial charge is 0.466 e. The molecule has 0 fully saturated rings. The Kier molecular flexibility index (Phi) is 5.78. The van der Waals surface area contributed by atoms with Crippen molar-refractivity contribution in [2.75, 3.05) is 19.5 Å². The summed E-state index contributed by atoms with van der Waals surface area (Å²) in [4.78, 5) is 44.4. The summed E-state index contributed by atoms with van der Waals surface area (Å²) >= 11 is 0. The van der Waals surface area contributed by atoms with Crippen molar-refractivity contribution in [2.45, 2.75) is 0 Å². The number of nitrogens with one attached hydrogen (secondary N) is 1. The van der Waals surface area contributed by atoms with Crippen LogP contribution in [0.15, 0.2) is 30.0 Å². The molecule has 0 heterocycles. The molecule has 0 saturated carbocycles. The number of amides is 1. The van der Waals surface area contributed by atoms with Gasteiger partial charge in [-0.15, -0.1) is 0 Å². The second-order valence-electron chi connectivity index (χ2n) is 4.05. The normalized spacial score (nSPS) is 10.6. The highest BCUT2D eigenvalue weighted by atomic mass is 16.6. The number of primary amides is 1. The van der Waals surface area contributed by atoms with E-state index in [4.69, 9.17) is 5.73 Å². The quantitative estimate of drug-likeness (QED) is 0.329. The monoisotopic (exact) mass is 323 g/mol. The fraction of sp³-hybridized carbons (Fsp3) is 0.154. The first kappa shape index (κ1) is 17.6. The lowest BCUT2D eigenvalue weighted by molar-refractivity contribution is -0.383. The molecule has 3 N–H and O–H groups in total. The van der Waals surface area contributed by atoms with Crippen molar-refractivity contribution in [1.29, 1.82) is 0 Å². The van der Waals surface area contributed by atoms with E-state index in [9.17, 15) is 24.5 Å². The molecule has 23 heavy (non-hydrogen) atoms. The van der Waals surface area contributed by atoms with E-state index in [0.29, 0.717) is 0 Å². The number of rotatable bonds is 6. The highest BCUT2D eigenvalue weighted by Crippen LogP contribution is 2.27. The first-order valence-corrected chi connectivity index (χ1v) is 6.03. The van der Waals surface area contributed by atoms with Gasteiger partial charge in [0.1, 0.15) is 11.4 Å². The van der Waals surface area contributed by atoms with Crippen LogP contribution in [0.1, 0.15) is 10.4 Å². The molecule has 1 amide bonds. The number of carbonyl (C=O) groups is 3. The Morgan fingerprint density at radius 3 is 2.39 bits per heavy atom. The Balaban J connectivity index is 3.35. The lowest BCUT2D eigenvalue weighted by atomic mass is 10.1. The molecule has 0 saturated heterocycles. The van der Waals surface area contributed by atoms with Gasteiger partial charge in [-0.1, -0.05) is 0 Å². The molecule has 0 unspecified atom stereocenters. The molecule has 122 valence electrons. The molecule has 10 nitrogen and oxygen atoms in total. The molecule has 0 atom stereocenters. The predicted octanol–water partition coefficient (Wildman–Crippen LogP) is 0.335. The summed E-state index contributed by atoms with van der Waals surface area (Å²) in [6, 6.07) is 3.28. The zero-order chi connectivity index (χ0) is 17.6. The van der Waals surface area contributed by atoms with E-state index in [0.717, 1.165) is 38.5 Å². The van der Waals surface area contributed by atoms with Crippen molar-refractivity contribution < 1.29 is 28.8 Å². The third-order valence-electron chi connectivity index (χ3n) is 2.62. The fourth-order valence-electron chi connectivity index (χ4n) is 1.53. The number of nitrogens with two attached hydrogens (primary N) is 1. The number of anilines is 1. The summed E-state index contributed by atoms with van der Waals surface area (Å²) in [5, 5.41) is 13.4. The van der Waals surface area contributed by atoms with Crippen LogP contribution >= 0.6 is 0 Å². The summed E-state index contributed by atoms with van der Waals surface area (Å²) in [6.07, 6.45) is 0.756. The van der Waals surface area contributed by atoms with Crippen LogP contribution in [0.25, 0.3) is 0 Å². The average molecular weight is 323 g/mol. The van der Waals surface area contributed by atoms with Gasteiger partial charge in [0.25, 0.3) is 5.69 Å². The smallest absolute Gasteiger partial charge is 0.354 e. The number of carbonyl (C=O) groups excluding carboxylic acids is 3. The van der Waals surface area contributed by atoms with Crippen LogP contribution < -0.4 is 11.1 Å². The van der Waals surface area contributed by atoms with E-state index in [1.54, 1.807) is 0 Å². The van der Waals surface area contributed by atoms with Gasteiger partial charge in [-0.25, -0.2) is 9.59 Å². The number of nitro benzene ring substituents is 1. The van der Waals surface area contributed by atoms with Gasteiger partial charge in [-0.05, 0) is 12.1 Å². The zero-order valence-corrected chi connectivity index (χ0v) is 12.2. The van der Waals surface area contributed by atoms with Gasteiger partial charge in [0.2, 0.25) is 5.91 Å². The van der Waals surface area contributed by atoms with Crippen LogP contribution in [0.5, 0.6) is 0 Å². The van der Waals surface area contributed by atoms with E-state index < -0.39 is 34.2 Å². The van der Waals surface area contributed by atoms with E-state index >= 15 is 0 Å². The number of nitro groups is 1. The standard InChI is InChI=1S/C13H13N3O7/c1-22-11(17)6-9(13(19)23-2)15-8-5-7(12(14)18)3-4-10(8)16(20)21/h3-6,15H,1-2H3,(H2,14,18)/b9-6+. The minimum Gasteiger partial charge on any atom is -0.466 e. The van der Waals surface area contributed by atoms with Crippen LogP contribution in [0, 0.1) is 10.1 Å². The number of hydrogen-bond donors (Lipinski definition) is 2. The van der Waals surface area contributed by atoms with Crippen molar-refractivity contribution in [2.24, 2.45) is 5.73 Å². The number of nitrogens with zero attached hydrogens (tertiary/aromatic N) is 1. The minimum absolute atomic E-state index is 0.0274. The second kappa shape index (κ2) is 7.54. The Labute approximate surface area is 130 Å². The predicted molar refractivity (Wildman–Crippen MR) is 77.4 cm³/mol. The van der Waals surface area contributed by atoms with E-state index in [1.165, 1.54) is 0 Å². The summed E-state index contributed by atoms with van der Waals surface area (Å²) in [5.74, 6) is -2.67. The molecule has 10 heteroatoms. The van der Waals surface area contributed by atoms with Gasteiger partial charge in [0, 0.05) is 11.6 Å². The Morgan fingerprint density at radius 2 is 1.91 bits per heavy atom. The molecule has 1 rings (SSSR count). The Bertz CT molecular complexity index is 697. The van der Waals surface area contributed by atoms with Crippen LogP contribution in [0.3, 0.4) is 0 Å². The maximum Gasteiger partial charge on any atom is 0.354 e. The van der Waals surface area contributed by atoms with Crippen molar-refractivity contribution in [3.63, 3.8) is 0 Å². The Morgan fingerprint density at radius 1 is 1.26 bits per heavy atom. The molecule has 0 aliphatic carbocycles. The van der Waals surface area contributed by atoms with Gasteiger partial charge in [0.05, 0.1) is 25.2 Å². The van der Waals surface area contributed by atoms with Crippen LogP contribution in [0.4, 0.5) is 11.4 Å². The summed E-state index contributed by atoms with van der Waals surface area (Å²) in [6.45, 7) is 0. The highest BCUT2D eigenvalue weighted by molar-refractivity contribution is 6.00. The van der Waals surface area contributed by atoms with Gasteiger partial charge in [-0.2, -0.15) is 0 Å². The number of esters is 2. The number of ether oxygens (including phenoxy) is 2. The molecule has 1 aromatic carbocycles. The van der Waals surface area contributed by atoms with E-state index in [1.807, 2.05) is 0 Å². The molecule has 0 radical (unpaired) electrons. The maximum absolute atomic E-state index is 11.6. The lowest BCUT2D eigenvalue weighted by Crippen LogP contribution is -2.17. The Hall–Kier alpha value is -3.43. The first-order valence-electron chi connectivity index (χ1n) is 6.03. The number of benzene rings is 1. The van der Waals surface area contributed by atoms with Crippen LogP contribution in [-0.2, 0) is 19.1 Å². The van der Waals surface area contributed by atoms with Gasteiger partial charge < -0.3 is 20.5 Å². The zero-order valence-electron chi connectivity index (χ0n) is 12.2. The third kappa shape index (κ3) is 4.52.